The summed E-state index contributed by atoms with van der Waals surface area (Å²) in [4.78, 5) is 0. The lowest BCUT2D eigenvalue weighted by molar-refractivity contribution is -0.0271. The molecule has 0 aliphatic heterocycles. The van der Waals surface area contributed by atoms with Gasteiger partial charge in [-0.2, -0.15) is 0 Å². The minimum atomic E-state index is -0.449. The number of allylic oxidation sites excluding steroid dienone is 2. The molecule has 2 aliphatic rings. The zero-order valence-electron chi connectivity index (χ0n) is 11.2. The van der Waals surface area contributed by atoms with Gasteiger partial charge in [-0.3, -0.25) is 0 Å². The van der Waals surface area contributed by atoms with Crippen LogP contribution >= 0.6 is 0 Å². The smallest absolute Gasteiger partial charge is 0.0653 e. The van der Waals surface area contributed by atoms with Crippen molar-refractivity contribution >= 4 is 0 Å². The van der Waals surface area contributed by atoms with Gasteiger partial charge >= 0.3 is 0 Å². The van der Waals surface area contributed by atoms with Gasteiger partial charge in [-0.1, -0.05) is 25.5 Å². The van der Waals surface area contributed by atoms with Crippen LogP contribution in [0.25, 0.3) is 0 Å². The maximum Gasteiger partial charge on any atom is 0.0653 e. The van der Waals surface area contributed by atoms with Gasteiger partial charge in [-0.25, -0.2) is 0 Å². The van der Waals surface area contributed by atoms with E-state index in [0.717, 1.165) is 12.8 Å². The fraction of sp³-hybridized carbons (Fsp3) is 0.867. The molecule has 0 aromatic rings. The second-order valence-corrected chi connectivity index (χ2v) is 7.09. The van der Waals surface area contributed by atoms with E-state index >= 15 is 0 Å². The molecule has 1 N–H and O–H groups in total. The van der Waals surface area contributed by atoms with Crippen LogP contribution in [0.4, 0.5) is 0 Å². The van der Waals surface area contributed by atoms with Gasteiger partial charge in [-0.05, 0) is 63.2 Å². The summed E-state index contributed by atoms with van der Waals surface area (Å²) in [6, 6.07) is 0. The van der Waals surface area contributed by atoms with Crippen LogP contribution < -0.4 is 0 Å². The van der Waals surface area contributed by atoms with Crippen LogP contribution in [0.1, 0.15) is 59.8 Å². The maximum atomic E-state index is 10.6. The molecule has 0 aromatic heterocycles. The number of hydrogen-bond donors (Lipinski definition) is 1. The molecular formula is C15H26O. The molecule has 16 heavy (non-hydrogen) atoms. The molecule has 0 bridgehead atoms. The quantitative estimate of drug-likeness (QED) is 0.616. The summed E-state index contributed by atoms with van der Waals surface area (Å²) in [5.74, 6) is 1.20. The van der Waals surface area contributed by atoms with Crippen LogP contribution in [0.2, 0.25) is 0 Å². The lowest BCUT2D eigenvalue weighted by atomic mass is 9.74. The largest absolute Gasteiger partial charge is 0.390 e. The second kappa shape index (κ2) is 3.87. The summed E-state index contributed by atoms with van der Waals surface area (Å²) in [5, 5.41) is 10.6. The summed E-state index contributed by atoms with van der Waals surface area (Å²) in [7, 11) is 0. The van der Waals surface area contributed by atoms with Gasteiger partial charge < -0.3 is 5.11 Å². The molecule has 92 valence electrons. The fourth-order valence-electron chi connectivity index (χ4n) is 3.93. The van der Waals surface area contributed by atoms with Gasteiger partial charge in [0.15, 0.2) is 0 Å². The van der Waals surface area contributed by atoms with Crippen molar-refractivity contribution < 1.29 is 5.11 Å². The van der Waals surface area contributed by atoms with Crippen LogP contribution in [0.5, 0.6) is 0 Å². The molecule has 1 fully saturated rings. The zero-order chi connectivity index (χ0) is 12.0. The molecule has 1 saturated carbocycles. The molecule has 0 spiro atoms. The van der Waals surface area contributed by atoms with Gasteiger partial charge in [0.25, 0.3) is 0 Å². The summed E-state index contributed by atoms with van der Waals surface area (Å²) < 4.78 is 0. The Bertz CT molecular complexity index is 299. The van der Waals surface area contributed by atoms with Gasteiger partial charge in [0.05, 0.1) is 5.60 Å². The molecule has 0 aromatic carbocycles. The summed E-state index contributed by atoms with van der Waals surface area (Å²) in [6.07, 6.45) is 7.97. The average Bonchev–Trinajstić information content (AvgIpc) is 2.39. The summed E-state index contributed by atoms with van der Waals surface area (Å²) >= 11 is 0. The minimum absolute atomic E-state index is 0.421. The minimum Gasteiger partial charge on any atom is -0.390 e. The van der Waals surface area contributed by atoms with E-state index in [1.54, 1.807) is 0 Å². The maximum absolute atomic E-state index is 10.6. The van der Waals surface area contributed by atoms with Gasteiger partial charge in [0.1, 0.15) is 0 Å². The first-order chi connectivity index (χ1) is 7.30. The highest BCUT2D eigenvalue weighted by Crippen LogP contribution is 2.52. The fourth-order valence-corrected chi connectivity index (χ4v) is 3.93. The Kier molecular flexibility index (Phi) is 2.94. The van der Waals surface area contributed by atoms with Crippen molar-refractivity contribution in [1.82, 2.24) is 0 Å². The Morgan fingerprint density at radius 2 is 1.94 bits per heavy atom. The highest BCUT2D eigenvalue weighted by molar-refractivity contribution is 5.08. The van der Waals surface area contributed by atoms with Crippen molar-refractivity contribution in [3.63, 3.8) is 0 Å². The van der Waals surface area contributed by atoms with E-state index in [4.69, 9.17) is 0 Å². The highest BCUT2D eigenvalue weighted by Gasteiger charge is 2.47. The van der Waals surface area contributed by atoms with Crippen LogP contribution in [-0.2, 0) is 0 Å². The van der Waals surface area contributed by atoms with Crippen LogP contribution in [0, 0.1) is 17.3 Å². The summed E-state index contributed by atoms with van der Waals surface area (Å²) in [6.45, 7) is 9.02. The predicted molar refractivity (Wildman–Crippen MR) is 68.2 cm³/mol. The second-order valence-electron chi connectivity index (χ2n) is 7.09. The molecule has 2 aliphatic carbocycles. The topological polar surface area (TPSA) is 20.2 Å². The SMILES string of the molecule is C/C1=C/CC[C@@](C)(O)[C@H]2CC(C)(C)C[C@H]2C1. The molecule has 1 nitrogen and oxygen atoms in total. The average molecular weight is 222 g/mol. The Balaban J connectivity index is 2.26. The third-order valence-corrected chi connectivity index (χ3v) is 4.68. The van der Waals surface area contributed by atoms with Crippen LogP contribution in [-0.4, -0.2) is 10.7 Å². The third-order valence-electron chi connectivity index (χ3n) is 4.68. The van der Waals surface area contributed by atoms with E-state index in [9.17, 15) is 5.11 Å². The molecular weight excluding hydrogens is 196 g/mol. The Morgan fingerprint density at radius 3 is 2.62 bits per heavy atom. The lowest BCUT2D eigenvalue weighted by Crippen LogP contribution is -2.37. The summed E-state index contributed by atoms with van der Waals surface area (Å²) in [5.41, 5.74) is 1.50. The van der Waals surface area contributed by atoms with Crippen molar-refractivity contribution in [3.05, 3.63) is 11.6 Å². The van der Waals surface area contributed by atoms with Gasteiger partial charge in [-0.15, -0.1) is 0 Å². The first-order valence-corrected chi connectivity index (χ1v) is 6.68. The van der Waals surface area contributed by atoms with Crippen molar-refractivity contribution in [2.24, 2.45) is 17.3 Å². The van der Waals surface area contributed by atoms with Crippen LogP contribution in [0.3, 0.4) is 0 Å². The number of rotatable bonds is 0. The molecule has 0 amide bonds. The lowest BCUT2D eigenvalue weighted by Gasteiger charge is -2.36. The molecule has 1 heteroatoms. The van der Waals surface area contributed by atoms with E-state index in [0.29, 0.717) is 17.3 Å². The monoisotopic (exact) mass is 222 g/mol. The first kappa shape index (κ1) is 12.2. The molecule has 2 rings (SSSR count). The Morgan fingerprint density at radius 1 is 1.25 bits per heavy atom. The molecule has 3 atom stereocenters. The van der Waals surface area contributed by atoms with Crippen molar-refractivity contribution in [1.29, 1.82) is 0 Å². The highest BCUT2D eigenvalue weighted by atomic mass is 16.3. The van der Waals surface area contributed by atoms with E-state index < -0.39 is 5.60 Å². The number of aliphatic hydroxyl groups is 1. The number of hydrogen-bond acceptors (Lipinski definition) is 1. The Labute approximate surface area is 99.9 Å². The van der Waals surface area contributed by atoms with Crippen molar-refractivity contribution in [2.75, 3.05) is 0 Å². The van der Waals surface area contributed by atoms with E-state index in [2.05, 4.69) is 33.8 Å². The number of fused-ring (bicyclic) bond motifs is 1. The molecule has 0 heterocycles. The zero-order valence-corrected chi connectivity index (χ0v) is 11.2. The van der Waals surface area contributed by atoms with E-state index in [1.165, 1.54) is 24.8 Å². The van der Waals surface area contributed by atoms with Crippen molar-refractivity contribution in [3.8, 4) is 0 Å². The third kappa shape index (κ3) is 2.34. The first-order valence-electron chi connectivity index (χ1n) is 6.68. The Hall–Kier alpha value is -0.300. The van der Waals surface area contributed by atoms with Crippen LogP contribution in [0.15, 0.2) is 11.6 Å². The van der Waals surface area contributed by atoms with E-state index in [-0.39, 0.29) is 0 Å². The normalized spacial score (nSPS) is 46.4. The standard InChI is InChI=1S/C15H26O/c1-11-6-5-7-15(4,16)13-10-14(2,3)9-12(13)8-11/h6,12-13,16H,5,7-10H2,1-4H3/b11-6-/t12-,13+,15-/m1/s1. The van der Waals surface area contributed by atoms with Gasteiger partial charge in [0, 0.05) is 0 Å². The molecule has 0 radical (unpaired) electrons. The van der Waals surface area contributed by atoms with E-state index in [1.807, 2.05) is 0 Å². The molecule has 0 unspecified atom stereocenters. The van der Waals surface area contributed by atoms with Crippen molar-refractivity contribution in [2.45, 2.75) is 65.4 Å². The van der Waals surface area contributed by atoms with Gasteiger partial charge in [0.2, 0.25) is 0 Å². The molecule has 0 saturated heterocycles. The predicted octanol–water partition coefficient (Wildman–Crippen LogP) is 3.92.